The second kappa shape index (κ2) is 5.78. The molecule has 1 aliphatic rings. The molecule has 0 saturated carbocycles. The quantitative estimate of drug-likeness (QED) is 0.396. The number of hydrogen-bond donors (Lipinski definition) is 2. The monoisotopic (exact) mass is 219 g/mol. The van der Waals surface area contributed by atoms with Crippen LogP contribution in [0.4, 0.5) is 0 Å². The Labute approximate surface area is 86.0 Å². The third-order valence-electron chi connectivity index (χ3n) is 1.17. The average Bonchev–Trinajstić information content (AvgIpc) is 1.65. The molecule has 0 amide bonds. The first-order valence-corrected chi connectivity index (χ1v) is 3.42. The van der Waals surface area contributed by atoms with Crippen molar-refractivity contribution >= 4 is 0 Å². The normalized spacial score (nSPS) is 22.0. The Morgan fingerprint density at radius 1 is 1.20 bits per heavy atom. The minimum atomic E-state index is 0. The molecule has 0 aromatic carbocycles. The molecule has 1 rings (SSSR count). The van der Waals surface area contributed by atoms with Crippen LogP contribution in [0.2, 0.25) is 0 Å². The molecule has 1 aliphatic heterocycles. The second-order valence-corrected chi connectivity index (χ2v) is 4.07. The average molecular weight is 220 g/mol. The molecular formula is C4H11Cl2N3Ti-. The van der Waals surface area contributed by atoms with E-state index < -0.39 is 0 Å². The van der Waals surface area contributed by atoms with Gasteiger partial charge < -0.3 is 24.8 Å². The zero-order valence-corrected chi connectivity index (χ0v) is 8.90. The van der Waals surface area contributed by atoms with E-state index in [0.717, 1.165) is 23.0 Å². The van der Waals surface area contributed by atoms with Crippen molar-refractivity contribution in [2.45, 2.75) is 0 Å². The summed E-state index contributed by atoms with van der Waals surface area (Å²) in [5, 5.41) is 6.47. The Kier molecular flexibility index (Phi) is 7.94. The molecule has 2 N–H and O–H groups in total. The summed E-state index contributed by atoms with van der Waals surface area (Å²) in [6, 6.07) is 0. The predicted molar refractivity (Wildman–Crippen MR) is 27.1 cm³/mol. The molecule has 1 saturated heterocycles. The molecule has 0 bridgehead atoms. The molecule has 0 unspecified atom stereocenters. The Morgan fingerprint density at radius 2 is 1.60 bits per heavy atom. The zero-order valence-electron chi connectivity index (χ0n) is 5.82. The van der Waals surface area contributed by atoms with Crippen LogP contribution in [0.25, 0.3) is 0 Å². The Hall–Kier alpha value is 1.17. The summed E-state index contributed by atoms with van der Waals surface area (Å²) in [4.78, 5) is 0. The van der Waals surface area contributed by atoms with Crippen LogP contribution in [0.5, 0.6) is 0 Å². The van der Waals surface area contributed by atoms with E-state index in [2.05, 4.69) is 38.4 Å². The number of rotatable bonds is 0. The van der Waals surface area contributed by atoms with E-state index in [1.54, 1.807) is 0 Å². The van der Waals surface area contributed by atoms with Crippen molar-refractivity contribution in [2.75, 3.05) is 27.1 Å². The predicted octanol–water partition coefficient (Wildman–Crippen LogP) is -7.03. The summed E-state index contributed by atoms with van der Waals surface area (Å²) < 4.78 is 1.03. The topological polar surface area (TPSA) is 24.1 Å². The van der Waals surface area contributed by atoms with Crippen molar-refractivity contribution in [3.05, 3.63) is 0 Å². The van der Waals surface area contributed by atoms with E-state index in [0.29, 0.717) is 0 Å². The van der Waals surface area contributed by atoms with Gasteiger partial charge in [0.15, 0.2) is 0 Å². The van der Waals surface area contributed by atoms with Gasteiger partial charge in [0.25, 0.3) is 0 Å². The minimum absolute atomic E-state index is 0. The first kappa shape index (κ1) is 13.7. The van der Waals surface area contributed by atoms with Gasteiger partial charge in [0.05, 0.1) is 0 Å². The fraction of sp³-hybridized carbons (Fsp3) is 1.00. The SMILES string of the molecule is C[N+]1([Ti])CNCNC1.[Cl-].[Cl-]. The van der Waals surface area contributed by atoms with Crippen molar-refractivity contribution in [2.24, 2.45) is 0 Å². The summed E-state index contributed by atoms with van der Waals surface area (Å²) in [5.41, 5.74) is 0. The van der Waals surface area contributed by atoms with E-state index in [4.69, 9.17) is 0 Å². The van der Waals surface area contributed by atoms with Crippen molar-refractivity contribution in [3.8, 4) is 0 Å². The molecule has 0 aromatic rings. The Bertz CT molecular complexity index is 82.6. The molecule has 10 heavy (non-hydrogen) atoms. The summed E-state index contributed by atoms with van der Waals surface area (Å²) in [7, 11) is 2.19. The molecule has 0 atom stereocenters. The van der Waals surface area contributed by atoms with E-state index in [1.807, 2.05) is 0 Å². The molecule has 61 valence electrons. The molecule has 0 spiro atoms. The number of halogens is 2. The summed E-state index contributed by atoms with van der Waals surface area (Å²) in [6.07, 6.45) is 0. The largest absolute Gasteiger partial charge is 1.00 e. The van der Waals surface area contributed by atoms with Crippen LogP contribution in [0.1, 0.15) is 0 Å². The van der Waals surface area contributed by atoms with Gasteiger partial charge in [0.2, 0.25) is 0 Å². The van der Waals surface area contributed by atoms with Gasteiger partial charge in [-0.2, -0.15) is 0 Å². The van der Waals surface area contributed by atoms with Crippen LogP contribution in [-0.4, -0.2) is 30.0 Å². The van der Waals surface area contributed by atoms with Crippen LogP contribution in [0.3, 0.4) is 0 Å². The maximum atomic E-state index is 3.24. The number of nitrogens with zero attached hydrogens (tertiary/aromatic N) is 1. The third kappa shape index (κ3) is 4.91. The first-order valence-electron chi connectivity index (χ1n) is 2.72. The molecule has 0 aromatic heterocycles. The van der Waals surface area contributed by atoms with E-state index in [-0.39, 0.29) is 24.8 Å². The van der Waals surface area contributed by atoms with Crippen molar-refractivity contribution < 1.29 is 48.5 Å². The number of quaternary nitrogens is 1. The van der Waals surface area contributed by atoms with Crippen LogP contribution in [0, 0.1) is 0 Å². The van der Waals surface area contributed by atoms with Crippen molar-refractivity contribution in [1.82, 2.24) is 10.6 Å². The van der Waals surface area contributed by atoms with E-state index in [1.165, 1.54) is 0 Å². The molecule has 6 heteroatoms. The maximum absolute atomic E-state index is 3.24. The van der Waals surface area contributed by atoms with Crippen LogP contribution in [0.15, 0.2) is 0 Å². The van der Waals surface area contributed by atoms with Gasteiger partial charge in [0, 0.05) is 0 Å². The van der Waals surface area contributed by atoms with Gasteiger partial charge in [-0.1, -0.05) is 0 Å². The van der Waals surface area contributed by atoms with Gasteiger partial charge in [-0.05, 0) is 0 Å². The third-order valence-corrected chi connectivity index (χ3v) is 1.67. The van der Waals surface area contributed by atoms with E-state index >= 15 is 0 Å². The number of nitrogens with one attached hydrogen (secondary N) is 2. The van der Waals surface area contributed by atoms with Crippen molar-refractivity contribution in [3.63, 3.8) is 0 Å². The van der Waals surface area contributed by atoms with Gasteiger partial charge in [-0.25, -0.2) is 0 Å². The summed E-state index contributed by atoms with van der Waals surface area (Å²) in [6.45, 7) is 3.11. The fourth-order valence-corrected chi connectivity index (χ4v) is 1.10. The van der Waals surface area contributed by atoms with Crippen LogP contribution < -0.4 is 35.4 Å². The maximum Gasteiger partial charge on any atom is -1.00 e. The summed E-state index contributed by atoms with van der Waals surface area (Å²) >= 11 is 2.19. The molecule has 1 heterocycles. The standard InChI is InChI=1S/C4H11N3.2ClH.Ti/c1-7-3-5-2-6-4-7;;;/h5-6H,2-4H2,1H3;2*1H;/q;;;+1/p-2. The fourth-order valence-electron chi connectivity index (χ4n) is 0.750. The van der Waals surface area contributed by atoms with Crippen LogP contribution >= 0.6 is 0 Å². The van der Waals surface area contributed by atoms with Crippen molar-refractivity contribution in [1.29, 1.82) is 0 Å². The second-order valence-electron chi connectivity index (χ2n) is 2.39. The Morgan fingerprint density at radius 3 is 1.80 bits per heavy atom. The summed E-state index contributed by atoms with van der Waals surface area (Å²) in [5.74, 6) is 0. The molecule has 1 fully saturated rings. The molecule has 0 radical (unpaired) electrons. The number of hydrogen-bond acceptors (Lipinski definition) is 2. The molecule has 0 aliphatic carbocycles. The molecule has 3 nitrogen and oxygen atoms in total. The Balaban J connectivity index is 0. The smallest absolute Gasteiger partial charge is 1.00 e. The van der Waals surface area contributed by atoms with E-state index in [9.17, 15) is 0 Å². The van der Waals surface area contributed by atoms with Gasteiger partial charge in [-0.3, -0.25) is 0 Å². The minimum Gasteiger partial charge on any atom is -1.00 e. The van der Waals surface area contributed by atoms with Gasteiger partial charge in [0.1, 0.15) is 0 Å². The molecular weight excluding hydrogens is 209 g/mol. The van der Waals surface area contributed by atoms with Gasteiger partial charge >= 0.3 is 61.3 Å². The first-order chi connectivity index (χ1) is 3.71. The van der Waals surface area contributed by atoms with Crippen LogP contribution in [-0.2, 0) is 20.7 Å². The van der Waals surface area contributed by atoms with Gasteiger partial charge in [-0.15, -0.1) is 0 Å². The zero-order chi connectivity index (χ0) is 6.04.